The molecule has 2 aliphatic heterocycles. The molecule has 0 aromatic carbocycles. The second kappa shape index (κ2) is 5.72. The lowest BCUT2D eigenvalue weighted by Gasteiger charge is -2.48. The Balaban J connectivity index is 1.46. The Morgan fingerprint density at radius 3 is 2.57 bits per heavy atom. The number of nitrogens with zero attached hydrogens (tertiary/aromatic N) is 7. The molecule has 0 radical (unpaired) electrons. The van der Waals surface area contributed by atoms with Gasteiger partial charge in [0.05, 0.1) is 11.6 Å². The Kier molecular flexibility index (Phi) is 3.69. The minimum atomic E-state index is 0.663. The van der Waals surface area contributed by atoms with Crippen molar-refractivity contribution in [1.82, 2.24) is 29.5 Å². The molecule has 2 fully saturated rings. The van der Waals surface area contributed by atoms with Gasteiger partial charge < -0.3 is 9.80 Å². The Morgan fingerprint density at radius 1 is 1.13 bits per heavy atom. The quantitative estimate of drug-likeness (QED) is 0.822. The van der Waals surface area contributed by atoms with Crippen molar-refractivity contribution in [2.45, 2.75) is 19.9 Å². The van der Waals surface area contributed by atoms with Gasteiger partial charge in [-0.25, -0.2) is 9.97 Å². The van der Waals surface area contributed by atoms with E-state index in [9.17, 15) is 0 Å². The van der Waals surface area contributed by atoms with E-state index in [2.05, 4.69) is 36.7 Å². The van der Waals surface area contributed by atoms with E-state index < -0.39 is 0 Å². The van der Waals surface area contributed by atoms with Crippen molar-refractivity contribution >= 4 is 16.9 Å². The Morgan fingerprint density at radius 2 is 1.87 bits per heavy atom. The second-order valence-electron chi connectivity index (χ2n) is 6.63. The fourth-order valence-corrected chi connectivity index (χ4v) is 3.66. The van der Waals surface area contributed by atoms with Gasteiger partial charge in [-0.2, -0.15) is 5.10 Å². The van der Waals surface area contributed by atoms with Crippen molar-refractivity contribution < 1.29 is 0 Å². The molecular formula is C16H25N7. The highest BCUT2D eigenvalue weighted by atomic mass is 15.4. The molecule has 7 nitrogen and oxygen atoms in total. The molecule has 4 rings (SSSR count). The molecule has 0 atom stereocenters. The van der Waals surface area contributed by atoms with Gasteiger partial charge in [-0.15, -0.1) is 0 Å². The maximum atomic E-state index is 4.68. The molecule has 2 aromatic heterocycles. The second-order valence-corrected chi connectivity index (χ2v) is 6.63. The molecular weight excluding hydrogens is 290 g/mol. The standard InChI is InChI=1S/C16H25N7/c1-4-21-5-7-22(8-6-21)13-10-23(11-13)16-14-9-17-20(3)15(14)18-12(2)19-16/h9,13H,4-8,10-11H2,1-3H3. The molecule has 7 heteroatoms. The lowest BCUT2D eigenvalue weighted by atomic mass is 10.1. The summed E-state index contributed by atoms with van der Waals surface area (Å²) in [4.78, 5) is 16.7. The summed E-state index contributed by atoms with van der Waals surface area (Å²) in [7, 11) is 1.94. The van der Waals surface area contributed by atoms with E-state index in [0.717, 1.165) is 35.8 Å². The maximum absolute atomic E-state index is 4.68. The average molecular weight is 315 g/mol. The summed E-state index contributed by atoms with van der Waals surface area (Å²) < 4.78 is 1.83. The number of piperazine rings is 1. The van der Waals surface area contributed by atoms with Gasteiger partial charge in [0, 0.05) is 52.4 Å². The lowest BCUT2D eigenvalue weighted by molar-refractivity contribution is 0.0860. The van der Waals surface area contributed by atoms with Crippen LogP contribution in [0.25, 0.3) is 11.0 Å². The van der Waals surface area contributed by atoms with Gasteiger partial charge in [0.2, 0.25) is 0 Å². The fraction of sp³-hybridized carbons (Fsp3) is 0.688. The van der Waals surface area contributed by atoms with Gasteiger partial charge in [0.25, 0.3) is 0 Å². The van der Waals surface area contributed by atoms with Gasteiger partial charge in [-0.3, -0.25) is 9.58 Å². The summed E-state index contributed by atoms with van der Waals surface area (Å²) in [5.41, 5.74) is 0.924. The first-order valence-corrected chi connectivity index (χ1v) is 8.53. The van der Waals surface area contributed by atoms with Crippen molar-refractivity contribution in [3.05, 3.63) is 12.0 Å². The topological polar surface area (TPSA) is 53.3 Å². The van der Waals surface area contributed by atoms with Crippen LogP contribution in [0, 0.1) is 6.92 Å². The van der Waals surface area contributed by atoms with Crippen molar-refractivity contribution in [2.75, 3.05) is 50.7 Å². The van der Waals surface area contributed by atoms with E-state index in [1.807, 2.05) is 24.9 Å². The highest BCUT2D eigenvalue weighted by Gasteiger charge is 2.35. The van der Waals surface area contributed by atoms with Crippen LogP contribution in [0.3, 0.4) is 0 Å². The predicted molar refractivity (Wildman–Crippen MR) is 90.7 cm³/mol. The number of fused-ring (bicyclic) bond motifs is 1. The molecule has 2 aromatic rings. The first kappa shape index (κ1) is 14.8. The monoisotopic (exact) mass is 315 g/mol. The normalized spacial score (nSPS) is 21.1. The van der Waals surface area contributed by atoms with Crippen LogP contribution in [0.2, 0.25) is 0 Å². The van der Waals surface area contributed by atoms with Crippen LogP contribution in [-0.2, 0) is 7.05 Å². The smallest absolute Gasteiger partial charge is 0.163 e. The van der Waals surface area contributed by atoms with E-state index >= 15 is 0 Å². The van der Waals surface area contributed by atoms with Crippen LogP contribution < -0.4 is 4.90 Å². The number of aromatic nitrogens is 4. The summed E-state index contributed by atoms with van der Waals surface area (Å²) in [6, 6.07) is 0.663. The number of hydrogen-bond donors (Lipinski definition) is 0. The largest absolute Gasteiger partial charge is 0.353 e. The SMILES string of the molecule is CCN1CCN(C2CN(c3nc(C)nc4c3cnn4C)C2)CC1. The third-order valence-electron chi connectivity index (χ3n) is 5.22. The molecule has 124 valence electrons. The Bertz CT molecular complexity index is 696. The highest BCUT2D eigenvalue weighted by Crippen LogP contribution is 2.29. The third kappa shape index (κ3) is 2.57. The van der Waals surface area contributed by atoms with Crippen LogP contribution in [0.4, 0.5) is 5.82 Å². The van der Waals surface area contributed by atoms with Crippen molar-refractivity contribution in [3.8, 4) is 0 Å². The van der Waals surface area contributed by atoms with E-state index in [-0.39, 0.29) is 0 Å². The molecule has 0 saturated carbocycles. The zero-order valence-corrected chi connectivity index (χ0v) is 14.2. The molecule has 0 unspecified atom stereocenters. The zero-order valence-electron chi connectivity index (χ0n) is 14.2. The summed E-state index contributed by atoms with van der Waals surface area (Å²) in [6.07, 6.45) is 1.89. The number of rotatable bonds is 3. The van der Waals surface area contributed by atoms with Gasteiger partial charge in [0.1, 0.15) is 11.6 Å². The molecule has 2 saturated heterocycles. The van der Waals surface area contributed by atoms with Crippen LogP contribution in [0.15, 0.2) is 6.20 Å². The third-order valence-corrected chi connectivity index (χ3v) is 5.22. The predicted octanol–water partition coefficient (Wildman–Crippen LogP) is 0.498. The van der Waals surface area contributed by atoms with E-state index in [4.69, 9.17) is 0 Å². The number of anilines is 1. The van der Waals surface area contributed by atoms with Crippen LogP contribution in [-0.4, -0.2) is 81.4 Å². The first-order valence-electron chi connectivity index (χ1n) is 8.53. The summed E-state index contributed by atoms with van der Waals surface area (Å²) in [5.74, 6) is 1.86. The maximum Gasteiger partial charge on any atom is 0.163 e. The van der Waals surface area contributed by atoms with E-state index in [1.165, 1.54) is 32.7 Å². The van der Waals surface area contributed by atoms with Crippen LogP contribution in [0.1, 0.15) is 12.7 Å². The molecule has 0 spiro atoms. The van der Waals surface area contributed by atoms with Crippen molar-refractivity contribution in [3.63, 3.8) is 0 Å². The molecule has 0 bridgehead atoms. The Hall–Kier alpha value is -1.73. The van der Waals surface area contributed by atoms with Gasteiger partial charge in [-0.1, -0.05) is 6.92 Å². The summed E-state index contributed by atoms with van der Waals surface area (Å²) in [5, 5.41) is 5.40. The number of aryl methyl sites for hydroxylation is 2. The summed E-state index contributed by atoms with van der Waals surface area (Å²) in [6.45, 7) is 12.3. The fourth-order valence-electron chi connectivity index (χ4n) is 3.66. The van der Waals surface area contributed by atoms with Crippen LogP contribution >= 0.6 is 0 Å². The Labute approximate surface area is 136 Å². The molecule has 0 amide bonds. The molecule has 4 heterocycles. The van der Waals surface area contributed by atoms with E-state index in [0.29, 0.717) is 6.04 Å². The zero-order chi connectivity index (χ0) is 16.0. The number of hydrogen-bond acceptors (Lipinski definition) is 6. The average Bonchev–Trinajstić information content (AvgIpc) is 2.88. The highest BCUT2D eigenvalue weighted by molar-refractivity contribution is 5.87. The van der Waals surface area contributed by atoms with E-state index in [1.54, 1.807) is 0 Å². The molecule has 23 heavy (non-hydrogen) atoms. The van der Waals surface area contributed by atoms with Gasteiger partial charge in [-0.05, 0) is 13.5 Å². The molecule has 0 aliphatic carbocycles. The lowest BCUT2D eigenvalue weighted by Crippen LogP contribution is -2.63. The van der Waals surface area contributed by atoms with Gasteiger partial charge >= 0.3 is 0 Å². The van der Waals surface area contributed by atoms with Crippen LogP contribution in [0.5, 0.6) is 0 Å². The van der Waals surface area contributed by atoms with Gasteiger partial charge in [0.15, 0.2) is 5.65 Å². The molecule has 0 N–H and O–H groups in total. The first-order chi connectivity index (χ1) is 11.2. The number of likely N-dealkylation sites (N-methyl/N-ethyl adjacent to an activating group) is 1. The van der Waals surface area contributed by atoms with Crippen molar-refractivity contribution in [2.24, 2.45) is 7.05 Å². The van der Waals surface area contributed by atoms with Crippen molar-refractivity contribution in [1.29, 1.82) is 0 Å². The minimum absolute atomic E-state index is 0.663. The summed E-state index contributed by atoms with van der Waals surface area (Å²) >= 11 is 0. The molecule has 2 aliphatic rings. The minimum Gasteiger partial charge on any atom is -0.353 e.